The Kier molecular flexibility index (Phi) is 3.38. The smallest absolute Gasteiger partial charge is 0.247 e. The Labute approximate surface area is 135 Å². The summed E-state index contributed by atoms with van der Waals surface area (Å²) in [5.74, 6) is 0.646. The van der Waals surface area contributed by atoms with Gasteiger partial charge in [0.1, 0.15) is 16.3 Å². The molecule has 0 aliphatic rings. The molecule has 4 aromatic rings. The van der Waals surface area contributed by atoms with Gasteiger partial charge in [0.25, 0.3) is 0 Å². The molecule has 4 rings (SSSR count). The van der Waals surface area contributed by atoms with Gasteiger partial charge in [0.2, 0.25) is 11.8 Å². The summed E-state index contributed by atoms with van der Waals surface area (Å²) < 4.78 is 20.2. The molecular weight excluding hydrogens is 313 g/mol. The molecule has 0 aliphatic heterocycles. The van der Waals surface area contributed by atoms with Crippen molar-refractivity contribution in [1.82, 2.24) is 15.2 Å². The third-order valence-electron chi connectivity index (χ3n) is 3.45. The Hall–Kier alpha value is -2.60. The van der Waals surface area contributed by atoms with Crippen LogP contribution in [0.4, 0.5) is 4.39 Å². The highest BCUT2D eigenvalue weighted by Crippen LogP contribution is 2.26. The molecule has 0 N–H and O–H groups in total. The van der Waals surface area contributed by atoms with Gasteiger partial charge >= 0.3 is 0 Å². The average molecular weight is 325 g/mol. The van der Waals surface area contributed by atoms with Gasteiger partial charge in [-0.05, 0) is 31.2 Å². The highest BCUT2D eigenvalue weighted by atomic mass is 32.1. The number of hydrogen-bond donors (Lipinski definition) is 0. The zero-order valence-corrected chi connectivity index (χ0v) is 13.1. The summed E-state index contributed by atoms with van der Waals surface area (Å²) in [6.07, 6.45) is 0.400. The van der Waals surface area contributed by atoms with E-state index in [1.807, 2.05) is 37.3 Å². The Morgan fingerprint density at radius 3 is 2.83 bits per heavy atom. The monoisotopic (exact) mass is 325 g/mol. The minimum atomic E-state index is -0.309. The Bertz CT molecular complexity index is 992. The van der Waals surface area contributed by atoms with Crippen LogP contribution in [0, 0.1) is 12.7 Å². The van der Waals surface area contributed by atoms with Crippen LogP contribution in [0.15, 0.2) is 46.9 Å². The van der Waals surface area contributed by atoms with Crippen molar-refractivity contribution in [2.45, 2.75) is 13.3 Å². The molecule has 0 saturated heterocycles. The van der Waals surface area contributed by atoms with Crippen molar-refractivity contribution in [2.24, 2.45) is 0 Å². The van der Waals surface area contributed by atoms with Gasteiger partial charge in [-0.25, -0.2) is 9.37 Å². The van der Waals surface area contributed by atoms with E-state index in [9.17, 15) is 4.39 Å². The van der Waals surface area contributed by atoms with E-state index in [-0.39, 0.29) is 5.82 Å². The topological polar surface area (TPSA) is 51.8 Å². The van der Waals surface area contributed by atoms with E-state index in [1.165, 1.54) is 17.4 Å². The second-order valence-corrected chi connectivity index (χ2v) is 6.36. The van der Waals surface area contributed by atoms with Gasteiger partial charge in [-0.2, -0.15) is 0 Å². The molecule has 0 bridgehead atoms. The Balaban J connectivity index is 1.63. The van der Waals surface area contributed by atoms with Crippen LogP contribution in [-0.2, 0) is 6.42 Å². The molecule has 2 aromatic carbocycles. The molecule has 4 nitrogen and oxygen atoms in total. The van der Waals surface area contributed by atoms with Crippen LogP contribution in [0.5, 0.6) is 0 Å². The number of aromatic nitrogens is 3. The lowest BCUT2D eigenvalue weighted by Crippen LogP contribution is -1.87. The molecule has 0 fully saturated rings. The number of rotatable bonds is 3. The van der Waals surface area contributed by atoms with E-state index in [4.69, 9.17) is 4.42 Å². The minimum absolute atomic E-state index is 0.309. The highest BCUT2D eigenvalue weighted by molar-refractivity contribution is 7.18. The molecule has 114 valence electrons. The second-order valence-electron chi connectivity index (χ2n) is 5.24. The lowest BCUT2D eigenvalue weighted by molar-refractivity contribution is 0.517. The van der Waals surface area contributed by atoms with E-state index in [1.54, 1.807) is 6.07 Å². The fourth-order valence-corrected chi connectivity index (χ4v) is 3.36. The van der Waals surface area contributed by atoms with E-state index >= 15 is 0 Å². The zero-order valence-electron chi connectivity index (χ0n) is 12.3. The van der Waals surface area contributed by atoms with Crippen LogP contribution in [-0.4, -0.2) is 15.2 Å². The van der Waals surface area contributed by atoms with Gasteiger partial charge in [-0.15, -0.1) is 21.5 Å². The quantitative estimate of drug-likeness (QED) is 0.561. The van der Waals surface area contributed by atoms with Crippen LogP contribution < -0.4 is 0 Å². The summed E-state index contributed by atoms with van der Waals surface area (Å²) in [6.45, 7) is 2.01. The Morgan fingerprint density at radius 2 is 2.00 bits per heavy atom. The molecule has 6 heteroatoms. The number of benzene rings is 2. The van der Waals surface area contributed by atoms with Gasteiger partial charge in [-0.1, -0.05) is 23.8 Å². The number of halogens is 1. The van der Waals surface area contributed by atoms with E-state index < -0.39 is 0 Å². The first-order valence-corrected chi connectivity index (χ1v) is 7.94. The second kappa shape index (κ2) is 5.55. The maximum atomic E-state index is 13.7. The number of para-hydroxylation sites is 1. The van der Waals surface area contributed by atoms with Crippen LogP contribution >= 0.6 is 11.3 Å². The maximum absolute atomic E-state index is 13.7. The first-order chi connectivity index (χ1) is 11.2. The predicted octanol–water partition coefficient (Wildman–Crippen LogP) is 4.38. The summed E-state index contributed by atoms with van der Waals surface area (Å²) in [6, 6.07) is 12.8. The molecule has 0 radical (unpaired) electrons. The summed E-state index contributed by atoms with van der Waals surface area (Å²) in [5, 5.41) is 8.90. The maximum Gasteiger partial charge on any atom is 0.247 e. The number of fused-ring (bicyclic) bond motifs is 1. The molecule has 0 spiro atoms. The summed E-state index contributed by atoms with van der Waals surface area (Å²) in [5.41, 5.74) is 2.41. The minimum Gasteiger partial charge on any atom is -0.420 e. The van der Waals surface area contributed by atoms with Crippen molar-refractivity contribution in [1.29, 1.82) is 0 Å². The predicted molar refractivity (Wildman–Crippen MR) is 86.9 cm³/mol. The molecule has 2 heterocycles. The van der Waals surface area contributed by atoms with Crippen molar-refractivity contribution in [3.05, 3.63) is 64.7 Å². The number of thiazole rings is 1. The summed E-state index contributed by atoms with van der Waals surface area (Å²) in [7, 11) is 0. The molecule has 0 aliphatic carbocycles. The van der Waals surface area contributed by atoms with Crippen LogP contribution in [0.3, 0.4) is 0 Å². The normalized spacial score (nSPS) is 11.2. The van der Waals surface area contributed by atoms with E-state index in [2.05, 4.69) is 15.2 Å². The van der Waals surface area contributed by atoms with Gasteiger partial charge in [0.05, 0.1) is 11.1 Å². The number of nitrogens with zero attached hydrogens (tertiary/aromatic N) is 3. The average Bonchev–Trinajstić information content (AvgIpc) is 3.15. The summed E-state index contributed by atoms with van der Waals surface area (Å²) >= 11 is 1.43. The molecular formula is C17H12FN3OS. The van der Waals surface area contributed by atoms with Gasteiger partial charge < -0.3 is 4.42 Å². The lowest BCUT2D eigenvalue weighted by atomic mass is 10.1. The largest absolute Gasteiger partial charge is 0.420 e. The number of aryl methyl sites for hydroxylation is 1. The Morgan fingerprint density at radius 1 is 1.13 bits per heavy atom. The molecule has 2 aromatic heterocycles. The van der Waals surface area contributed by atoms with Crippen molar-refractivity contribution in [3.8, 4) is 11.5 Å². The standard InChI is InChI=1S/C17H12FN3OS/c1-10-4-2-5-11(8-10)17-21-20-14(22-17)9-15-19-16-12(18)6-3-7-13(16)23-15/h2-8H,9H2,1H3. The molecule has 0 saturated carbocycles. The third kappa shape index (κ3) is 2.73. The molecule has 0 atom stereocenters. The lowest BCUT2D eigenvalue weighted by Gasteiger charge is -1.95. The van der Waals surface area contributed by atoms with Crippen molar-refractivity contribution in [2.75, 3.05) is 0 Å². The summed E-state index contributed by atoms with van der Waals surface area (Å²) in [4.78, 5) is 4.32. The van der Waals surface area contributed by atoms with E-state index in [0.29, 0.717) is 23.7 Å². The molecule has 23 heavy (non-hydrogen) atoms. The van der Waals surface area contributed by atoms with Gasteiger partial charge in [0, 0.05) is 5.56 Å². The zero-order chi connectivity index (χ0) is 15.8. The van der Waals surface area contributed by atoms with Gasteiger partial charge in [0.15, 0.2) is 0 Å². The van der Waals surface area contributed by atoms with Crippen molar-refractivity contribution < 1.29 is 8.81 Å². The van der Waals surface area contributed by atoms with E-state index in [0.717, 1.165) is 20.8 Å². The first-order valence-electron chi connectivity index (χ1n) is 7.12. The fraction of sp³-hybridized carbons (Fsp3) is 0.118. The van der Waals surface area contributed by atoms with Crippen molar-refractivity contribution >= 4 is 21.6 Å². The van der Waals surface area contributed by atoms with Crippen molar-refractivity contribution in [3.63, 3.8) is 0 Å². The molecule has 0 unspecified atom stereocenters. The number of hydrogen-bond acceptors (Lipinski definition) is 5. The molecule has 0 amide bonds. The third-order valence-corrected chi connectivity index (χ3v) is 4.47. The van der Waals surface area contributed by atoms with Crippen LogP contribution in [0.1, 0.15) is 16.5 Å². The van der Waals surface area contributed by atoms with Crippen LogP contribution in [0.2, 0.25) is 0 Å². The first kappa shape index (κ1) is 14.0. The SMILES string of the molecule is Cc1cccc(-c2nnc(Cc3nc4c(F)cccc4s3)o2)c1. The highest BCUT2D eigenvalue weighted by Gasteiger charge is 2.13. The fourth-order valence-electron chi connectivity index (χ4n) is 2.39. The van der Waals surface area contributed by atoms with Gasteiger partial charge in [-0.3, -0.25) is 0 Å². The van der Waals surface area contributed by atoms with Crippen LogP contribution in [0.25, 0.3) is 21.7 Å².